The van der Waals surface area contributed by atoms with E-state index in [0.29, 0.717) is 39.8 Å². The number of esters is 1. The van der Waals surface area contributed by atoms with Gasteiger partial charge in [-0.2, -0.15) is 4.57 Å². The van der Waals surface area contributed by atoms with Crippen LogP contribution in [0.4, 0.5) is 0 Å². The normalized spacial score (nSPS) is 19.1. The Morgan fingerprint density at radius 2 is 1.38 bits per heavy atom. The molecule has 2 heterocycles. The zero-order valence-electron chi connectivity index (χ0n) is 28.8. The molecule has 0 radical (unpaired) electrons. The highest BCUT2D eigenvalue weighted by atomic mass is 28.4. The fraction of sp³-hybridized carbons (Fsp3) is 0.500. The first-order valence-electron chi connectivity index (χ1n) is 16.4. The minimum Gasteiger partial charge on any atom is -0.459 e. The Hall–Kier alpha value is -3.64. The third kappa shape index (κ3) is 7.75. The molecule has 1 aromatic heterocycles. The van der Waals surface area contributed by atoms with E-state index in [4.69, 9.17) is 13.9 Å². The van der Waals surface area contributed by atoms with Gasteiger partial charge in [-0.05, 0) is 54.7 Å². The largest absolute Gasteiger partial charge is 0.459 e. The van der Waals surface area contributed by atoms with Gasteiger partial charge in [0.2, 0.25) is 0 Å². The molecule has 47 heavy (non-hydrogen) atoms. The van der Waals surface area contributed by atoms with E-state index in [2.05, 4.69) is 46.4 Å². The second-order valence-electron chi connectivity index (χ2n) is 13.7. The molecule has 1 fully saturated rings. The zero-order chi connectivity index (χ0) is 34.5. The van der Waals surface area contributed by atoms with Crippen molar-refractivity contribution in [1.82, 2.24) is 14.0 Å². The molecular formula is C36H49N3O7Si. The van der Waals surface area contributed by atoms with E-state index >= 15 is 0 Å². The average molecular weight is 664 g/mol. The molecule has 1 aliphatic heterocycles. The molecule has 0 unspecified atom stereocenters. The predicted octanol–water partition coefficient (Wildman–Crippen LogP) is 5.73. The second-order valence-corrected chi connectivity index (χ2v) is 19.1. The SMILES string of the molecule is CC(C)N1C[C@H](n2ccc(=O)n(C(=O)c3ccccc3)c2=O)O[C@@](COC(=O)c2ccccc2)(CO[Si](C(C)C)(C(C)C)C(C)C)C1. The molecule has 2 atom stereocenters. The van der Waals surface area contributed by atoms with Crippen LogP contribution in [-0.2, 0) is 13.9 Å². The highest BCUT2D eigenvalue weighted by molar-refractivity contribution is 6.77. The van der Waals surface area contributed by atoms with Crippen LogP contribution >= 0.6 is 0 Å². The van der Waals surface area contributed by atoms with E-state index in [1.807, 2.05) is 19.9 Å². The summed E-state index contributed by atoms with van der Waals surface area (Å²) in [5.41, 5.74) is -1.21. The number of rotatable bonds is 12. The van der Waals surface area contributed by atoms with Crippen LogP contribution in [-0.4, -0.2) is 72.2 Å². The van der Waals surface area contributed by atoms with Crippen molar-refractivity contribution >= 4 is 20.2 Å². The van der Waals surface area contributed by atoms with Crippen molar-refractivity contribution in [2.45, 2.75) is 89.9 Å². The van der Waals surface area contributed by atoms with E-state index in [1.54, 1.807) is 54.6 Å². The van der Waals surface area contributed by atoms with Crippen molar-refractivity contribution in [3.63, 3.8) is 0 Å². The van der Waals surface area contributed by atoms with Crippen LogP contribution in [0, 0.1) is 0 Å². The summed E-state index contributed by atoms with van der Waals surface area (Å²) in [5.74, 6) is -1.22. The standard InChI is InChI=1S/C36H49N3O7Si/c1-25(2)37-21-32(38-20-19-31(40)39(35(38)43)33(41)29-15-11-9-12-16-29)46-36(22-37,23-44-34(42)30-17-13-10-14-18-30)24-45-47(26(3)4,27(5)6)28(7)8/h9-20,25-28,32H,21-24H2,1-8H3/t32-,36+/m1/s1. The summed E-state index contributed by atoms with van der Waals surface area (Å²) in [7, 11) is -2.41. The monoisotopic (exact) mass is 663 g/mol. The smallest absolute Gasteiger partial charge is 0.340 e. The van der Waals surface area contributed by atoms with Crippen molar-refractivity contribution in [3.05, 3.63) is 105 Å². The Kier molecular flexibility index (Phi) is 11.6. The highest BCUT2D eigenvalue weighted by Gasteiger charge is 2.50. The summed E-state index contributed by atoms with van der Waals surface area (Å²) in [6.45, 7) is 18.0. The van der Waals surface area contributed by atoms with Crippen LogP contribution in [0.2, 0.25) is 16.6 Å². The number of morpholine rings is 1. The summed E-state index contributed by atoms with van der Waals surface area (Å²) in [4.78, 5) is 55.6. The number of aromatic nitrogens is 2. The maximum absolute atomic E-state index is 13.9. The first kappa shape index (κ1) is 36.2. The Morgan fingerprint density at radius 3 is 1.91 bits per heavy atom. The van der Waals surface area contributed by atoms with Crippen molar-refractivity contribution in [1.29, 1.82) is 0 Å². The van der Waals surface area contributed by atoms with Gasteiger partial charge < -0.3 is 13.9 Å². The topological polar surface area (TPSA) is 109 Å². The van der Waals surface area contributed by atoms with Crippen LogP contribution in [0.1, 0.15) is 82.3 Å². The second kappa shape index (κ2) is 15.1. The predicted molar refractivity (Wildman–Crippen MR) is 184 cm³/mol. The molecule has 2 aromatic carbocycles. The van der Waals surface area contributed by atoms with Gasteiger partial charge >= 0.3 is 11.7 Å². The third-order valence-corrected chi connectivity index (χ3v) is 15.4. The number of hydrogen-bond acceptors (Lipinski definition) is 8. The summed E-state index contributed by atoms with van der Waals surface area (Å²) in [6, 6.07) is 18.2. The van der Waals surface area contributed by atoms with Gasteiger partial charge in [-0.25, -0.2) is 9.59 Å². The summed E-state index contributed by atoms with van der Waals surface area (Å²) in [6.07, 6.45) is 0.451. The number of benzene rings is 2. The van der Waals surface area contributed by atoms with Gasteiger partial charge in [-0.3, -0.25) is 19.1 Å². The van der Waals surface area contributed by atoms with E-state index in [1.165, 1.54) is 16.8 Å². The summed E-state index contributed by atoms with van der Waals surface area (Å²) < 4.78 is 21.8. The fourth-order valence-electron chi connectivity index (χ4n) is 6.96. The maximum Gasteiger partial charge on any atom is 0.340 e. The van der Waals surface area contributed by atoms with Gasteiger partial charge in [-0.15, -0.1) is 0 Å². The van der Waals surface area contributed by atoms with Crippen molar-refractivity contribution < 1.29 is 23.5 Å². The molecule has 1 saturated heterocycles. The molecule has 10 nitrogen and oxygen atoms in total. The molecule has 0 saturated carbocycles. The van der Waals surface area contributed by atoms with Gasteiger partial charge in [0, 0.05) is 37.0 Å². The Labute approximate surface area is 278 Å². The molecule has 0 aliphatic carbocycles. The van der Waals surface area contributed by atoms with Gasteiger partial charge in [0.15, 0.2) is 14.5 Å². The summed E-state index contributed by atoms with van der Waals surface area (Å²) >= 11 is 0. The molecule has 0 N–H and O–H groups in total. The van der Waals surface area contributed by atoms with Crippen LogP contribution in [0.25, 0.3) is 0 Å². The molecule has 1 aliphatic rings. The molecule has 0 spiro atoms. The third-order valence-electron chi connectivity index (χ3n) is 9.31. The van der Waals surface area contributed by atoms with Crippen molar-refractivity contribution in [2.75, 3.05) is 26.3 Å². The van der Waals surface area contributed by atoms with Crippen LogP contribution in [0.3, 0.4) is 0 Å². The molecule has 254 valence electrons. The van der Waals surface area contributed by atoms with Crippen molar-refractivity contribution in [2.24, 2.45) is 0 Å². The zero-order valence-corrected chi connectivity index (χ0v) is 29.8. The lowest BCUT2D eigenvalue weighted by molar-refractivity contribution is -0.217. The molecule has 11 heteroatoms. The summed E-state index contributed by atoms with van der Waals surface area (Å²) in [5, 5.41) is 0. The number of carbonyl (C=O) groups excluding carboxylic acids is 2. The first-order valence-corrected chi connectivity index (χ1v) is 18.6. The van der Waals surface area contributed by atoms with Crippen LogP contribution < -0.4 is 11.2 Å². The van der Waals surface area contributed by atoms with E-state index in [-0.39, 0.29) is 24.8 Å². The fourth-order valence-corrected chi connectivity index (χ4v) is 12.5. The first-order chi connectivity index (χ1) is 22.2. The maximum atomic E-state index is 13.9. The molecule has 0 amide bonds. The lowest BCUT2D eigenvalue weighted by Gasteiger charge is -2.50. The van der Waals surface area contributed by atoms with Gasteiger partial charge in [-0.1, -0.05) is 77.9 Å². The molecule has 3 aromatic rings. The number of ether oxygens (including phenoxy) is 2. The number of carbonyl (C=O) groups is 2. The van der Waals surface area contributed by atoms with Crippen LogP contribution in [0.5, 0.6) is 0 Å². The quantitative estimate of drug-likeness (QED) is 0.179. The lowest BCUT2D eigenvalue weighted by atomic mass is 10.0. The Balaban J connectivity index is 1.79. The highest BCUT2D eigenvalue weighted by Crippen LogP contribution is 2.43. The van der Waals surface area contributed by atoms with Crippen LogP contribution in [0.15, 0.2) is 82.5 Å². The molecule has 4 rings (SSSR count). The van der Waals surface area contributed by atoms with Crippen molar-refractivity contribution in [3.8, 4) is 0 Å². The van der Waals surface area contributed by atoms with Gasteiger partial charge in [0.1, 0.15) is 12.2 Å². The van der Waals surface area contributed by atoms with E-state index in [9.17, 15) is 19.2 Å². The lowest BCUT2D eigenvalue weighted by Crippen LogP contribution is -2.63. The van der Waals surface area contributed by atoms with E-state index < -0.39 is 43.3 Å². The minimum atomic E-state index is -2.41. The average Bonchev–Trinajstić information content (AvgIpc) is 3.04. The number of nitrogens with zero attached hydrogens (tertiary/aromatic N) is 3. The molecular weight excluding hydrogens is 614 g/mol. The number of hydrogen-bond donors (Lipinski definition) is 0. The minimum absolute atomic E-state index is 0.0282. The Morgan fingerprint density at radius 1 is 0.830 bits per heavy atom. The van der Waals surface area contributed by atoms with Gasteiger partial charge in [0.05, 0.1) is 12.2 Å². The molecule has 0 bridgehead atoms. The van der Waals surface area contributed by atoms with Gasteiger partial charge in [0.25, 0.3) is 11.5 Å². The Bertz CT molecular complexity index is 1610. The van der Waals surface area contributed by atoms with E-state index in [0.717, 1.165) is 0 Å².